The van der Waals surface area contributed by atoms with Gasteiger partial charge in [0.15, 0.2) is 0 Å². The van der Waals surface area contributed by atoms with Crippen molar-refractivity contribution in [2.45, 2.75) is 25.3 Å². The van der Waals surface area contributed by atoms with Crippen LogP contribution in [0.2, 0.25) is 0 Å². The van der Waals surface area contributed by atoms with Crippen LogP contribution in [0.4, 0.5) is 0 Å². The summed E-state index contributed by atoms with van der Waals surface area (Å²) >= 11 is 0. The quantitative estimate of drug-likeness (QED) is 0.596. The molecule has 0 spiro atoms. The van der Waals surface area contributed by atoms with Gasteiger partial charge >= 0.3 is 0 Å². The van der Waals surface area contributed by atoms with Gasteiger partial charge in [0.05, 0.1) is 0 Å². The van der Waals surface area contributed by atoms with Gasteiger partial charge in [0.1, 0.15) is 0 Å². The van der Waals surface area contributed by atoms with Crippen molar-refractivity contribution in [2.24, 2.45) is 0 Å². The molecule has 1 aliphatic carbocycles. The van der Waals surface area contributed by atoms with Gasteiger partial charge in [0.2, 0.25) is 5.89 Å². The third-order valence-corrected chi connectivity index (χ3v) is 1.63. The van der Waals surface area contributed by atoms with Crippen LogP contribution in [-0.4, -0.2) is 10.1 Å². The van der Waals surface area contributed by atoms with E-state index in [0.29, 0.717) is 17.6 Å². The zero-order valence-electron chi connectivity index (χ0n) is 5.95. The molecule has 1 fully saturated rings. The smallest absolute Gasteiger partial charge is 0.276 e. The molecule has 0 aromatic carbocycles. The zero-order valence-corrected chi connectivity index (χ0v) is 5.95. The lowest BCUT2D eigenvalue weighted by Gasteiger charge is -1.78. The Labute approximate surface area is 64.0 Å². The number of rotatable bonds is 2. The minimum atomic E-state index is 0.232. The minimum absolute atomic E-state index is 0.232. The molecule has 0 aliphatic heterocycles. The van der Waals surface area contributed by atoms with Crippen LogP contribution >= 0.6 is 0 Å². The first kappa shape index (κ1) is 6.35. The second-order valence-electron chi connectivity index (χ2n) is 2.64. The summed E-state index contributed by atoms with van der Waals surface area (Å²) in [6, 6.07) is 0. The molecule has 0 radical (unpaired) electrons. The Morgan fingerprint density at radius 1 is 1.64 bits per heavy atom. The average Bonchev–Trinajstić information content (AvgIpc) is 2.75. The van der Waals surface area contributed by atoms with Crippen LogP contribution in [-0.2, 0) is 6.54 Å². The third-order valence-electron chi connectivity index (χ3n) is 1.63. The molecule has 0 N–H and O–H groups in total. The van der Waals surface area contributed by atoms with Gasteiger partial charge in [0.25, 0.3) is 12.4 Å². The number of nitrogens with zero attached hydrogens (tertiary/aromatic N) is 3. The normalized spacial score (nSPS) is 16.3. The Kier molecular flexibility index (Phi) is 1.35. The van der Waals surface area contributed by atoms with Crippen molar-refractivity contribution in [3.05, 3.63) is 23.1 Å². The van der Waals surface area contributed by atoms with Gasteiger partial charge < -0.3 is 9.37 Å². The summed E-state index contributed by atoms with van der Waals surface area (Å²) in [4.78, 5) is 7.23. The van der Waals surface area contributed by atoms with Crippen LogP contribution in [0.1, 0.15) is 30.5 Å². The van der Waals surface area contributed by atoms with Crippen molar-refractivity contribution < 1.29 is 4.52 Å². The van der Waals surface area contributed by atoms with Gasteiger partial charge in [-0.05, 0) is 12.8 Å². The monoisotopic (exact) mass is 149 g/mol. The first-order chi connectivity index (χ1) is 5.40. The highest BCUT2D eigenvalue weighted by Crippen LogP contribution is 2.38. The Hall–Kier alpha value is -1.37. The molecule has 4 nitrogen and oxygen atoms in total. The van der Waals surface area contributed by atoms with Gasteiger partial charge in [-0.2, -0.15) is 4.98 Å². The predicted octanol–water partition coefficient (Wildman–Crippen LogP) is 1.37. The molecule has 1 aromatic heterocycles. The van der Waals surface area contributed by atoms with Gasteiger partial charge in [0, 0.05) is 5.92 Å². The summed E-state index contributed by atoms with van der Waals surface area (Å²) in [5.74, 6) is 1.72. The van der Waals surface area contributed by atoms with E-state index in [2.05, 4.69) is 15.0 Å². The molecule has 0 atom stereocenters. The fraction of sp³-hybridized carbons (Fsp3) is 0.571. The summed E-state index contributed by atoms with van der Waals surface area (Å²) in [5.41, 5.74) is 0. The van der Waals surface area contributed by atoms with E-state index in [1.807, 2.05) is 0 Å². The molecule has 0 unspecified atom stereocenters. The molecule has 1 aromatic rings. The van der Waals surface area contributed by atoms with Crippen molar-refractivity contribution in [3.63, 3.8) is 0 Å². The molecule has 1 heterocycles. The van der Waals surface area contributed by atoms with Crippen LogP contribution in [0.25, 0.3) is 4.85 Å². The Bertz CT molecular complexity index is 295. The van der Waals surface area contributed by atoms with Crippen LogP contribution < -0.4 is 0 Å². The van der Waals surface area contributed by atoms with Crippen molar-refractivity contribution in [1.29, 1.82) is 0 Å². The molecular formula is C7H7N3O. The Balaban J connectivity index is 2.13. The van der Waals surface area contributed by atoms with Crippen molar-refractivity contribution >= 4 is 0 Å². The molecule has 1 aliphatic rings. The fourth-order valence-electron chi connectivity index (χ4n) is 0.899. The molecule has 0 amide bonds. The van der Waals surface area contributed by atoms with E-state index >= 15 is 0 Å². The third kappa shape index (κ3) is 1.22. The summed E-state index contributed by atoms with van der Waals surface area (Å²) in [6.07, 6.45) is 2.30. The summed E-state index contributed by atoms with van der Waals surface area (Å²) in [7, 11) is 0. The second kappa shape index (κ2) is 2.35. The molecule has 11 heavy (non-hydrogen) atoms. The standard InChI is InChI=1S/C7H7N3O/c1-8-4-6-9-7(11-10-6)5-2-3-5/h5H,2-4H2. The number of hydrogen-bond acceptors (Lipinski definition) is 3. The highest BCUT2D eigenvalue weighted by Gasteiger charge is 2.29. The van der Waals surface area contributed by atoms with Crippen molar-refractivity contribution in [2.75, 3.05) is 0 Å². The van der Waals surface area contributed by atoms with E-state index in [-0.39, 0.29) is 6.54 Å². The Morgan fingerprint density at radius 2 is 2.45 bits per heavy atom. The number of hydrogen-bond donors (Lipinski definition) is 0. The molecule has 56 valence electrons. The lowest BCUT2D eigenvalue weighted by molar-refractivity contribution is 0.375. The highest BCUT2D eigenvalue weighted by molar-refractivity contribution is 5.02. The van der Waals surface area contributed by atoms with Crippen LogP contribution in [0, 0.1) is 6.57 Å². The lowest BCUT2D eigenvalue weighted by atomic mass is 10.4. The molecule has 0 bridgehead atoms. The fourth-order valence-corrected chi connectivity index (χ4v) is 0.899. The van der Waals surface area contributed by atoms with Crippen LogP contribution in [0.5, 0.6) is 0 Å². The summed E-state index contributed by atoms with van der Waals surface area (Å²) < 4.78 is 4.94. The maximum atomic E-state index is 6.58. The van der Waals surface area contributed by atoms with Crippen molar-refractivity contribution in [3.8, 4) is 0 Å². The zero-order chi connectivity index (χ0) is 7.68. The molecule has 1 saturated carbocycles. The number of aromatic nitrogens is 2. The van der Waals surface area contributed by atoms with E-state index in [1.165, 1.54) is 0 Å². The van der Waals surface area contributed by atoms with Crippen molar-refractivity contribution in [1.82, 2.24) is 10.1 Å². The maximum Gasteiger partial charge on any atom is 0.276 e. The molecule has 0 saturated heterocycles. The molecule has 2 rings (SSSR count). The van der Waals surface area contributed by atoms with E-state index in [4.69, 9.17) is 11.1 Å². The van der Waals surface area contributed by atoms with Crippen LogP contribution in [0.3, 0.4) is 0 Å². The van der Waals surface area contributed by atoms with Gasteiger partial charge in [-0.3, -0.25) is 0 Å². The van der Waals surface area contributed by atoms with E-state index in [0.717, 1.165) is 12.8 Å². The molecule has 4 heteroatoms. The first-order valence-corrected chi connectivity index (χ1v) is 3.56. The summed E-state index contributed by atoms with van der Waals surface area (Å²) in [6.45, 7) is 6.81. The second-order valence-corrected chi connectivity index (χ2v) is 2.64. The largest absolute Gasteiger partial charge is 0.339 e. The van der Waals surface area contributed by atoms with Gasteiger partial charge in [-0.25, -0.2) is 6.57 Å². The SMILES string of the molecule is [C-]#[N+]Cc1noc(C2CC2)n1. The molecular weight excluding hydrogens is 142 g/mol. The van der Waals surface area contributed by atoms with E-state index in [1.54, 1.807) is 0 Å². The van der Waals surface area contributed by atoms with E-state index in [9.17, 15) is 0 Å². The summed E-state index contributed by atoms with van der Waals surface area (Å²) in [5, 5.41) is 3.67. The van der Waals surface area contributed by atoms with Gasteiger partial charge in [-0.15, -0.1) is 0 Å². The lowest BCUT2D eigenvalue weighted by Crippen LogP contribution is -1.82. The first-order valence-electron chi connectivity index (χ1n) is 3.56. The van der Waals surface area contributed by atoms with Gasteiger partial charge in [-0.1, -0.05) is 5.16 Å². The Morgan fingerprint density at radius 3 is 3.09 bits per heavy atom. The highest BCUT2D eigenvalue weighted by atomic mass is 16.5. The minimum Gasteiger partial charge on any atom is -0.339 e. The predicted molar refractivity (Wildman–Crippen MR) is 36.6 cm³/mol. The van der Waals surface area contributed by atoms with E-state index < -0.39 is 0 Å². The average molecular weight is 149 g/mol. The van der Waals surface area contributed by atoms with Crippen LogP contribution in [0.15, 0.2) is 4.52 Å². The topological polar surface area (TPSA) is 43.3 Å². The maximum absolute atomic E-state index is 6.58.